The zero-order chi connectivity index (χ0) is 19.1. The average Bonchev–Trinajstić information content (AvgIpc) is 3.10. The fourth-order valence-corrected chi connectivity index (χ4v) is 3.49. The van der Waals surface area contributed by atoms with Crippen molar-refractivity contribution in [3.8, 4) is 0 Å². The van der Waals surface area contributed by atoms with E-state index in [4.69, 9.17) is 4.74 Å². The number of aryl methyl sites for hydroxylation is 1. The first-order valence-electron chi connectivity index (χ1n) is 9.39. The van der Waals surface area contributed by atoms with Gasteiger partial charge < -0.3 is 20.4 Å². The van der Waals surface area contributed by atoms with Crippen LogP contribution in [0.3, 0.4) is 0 Å². The molecule has 146 valence electrons. The summed E-state index contributed by atoms with van der Waals surface area (Å²) in [4.78, 5) is 26.1. The zero-order valence-corrected chi connectivity index (χ0v) is 16.0. The summed E-state index contributed by atoms with van der Waals surface area (Å²) >= 11 is 0. The van der Waals surface area contributed by atoms with E-state index in [1.54, 1.807) is 25.6 Å². The molecule has 1 aliphatic heterocycles. The highest BCUT2D eigenvalue weighted by atomic mass is 16.5. The number of anilines is 2. The molecule has 0 radical (unpaired) electrons. The fraction of sp³-hybridized carbons (Fsp3) is 0.526. The van der Waals surface area contributed by atoms with Gasteiger partial charge in [-0.1, -0.05) is 0 Å². The van der Waals surface area contributed by atoms with Crippen molar-refractivity contribution in [1.82, 2.24) is 19.9 Å². The van der Waals surface area contributed by atoms with Gasteiger partial charge in [-0.3, -0.25) is 9.69 Å². The minimum absolute atomic E-state index is 0.0701. The first-order chi connectivity index (χ1) is 13.2. The van der Waals surface area contributed by atoms with Gasteiger partial charge in [0.2, 0.25) is 0 Å². The SMILES string of the molecule is COCCNc1cc(NCCN2CCCC2c2cc(=O)cc(C)[nH]2)ncn1. The quantitative estimate of drug-likeness (QED) is 0.578. The second-order valence-electron chi connectivity index (χ2n) is 6.78. The Morgan fingerprint density at radius 3 is 2.74 bits per heavy atom. The summed E-state index contributed by atoms with van der Waals surface area (Å²) in [6.07, 6.45) is 3.76. The third-order valence-electron chi connectivity index (χ3n) is 4.71. The highest BCUT2D eigenvalue weighted by Crippen LogP contribution is 2.29. The van der Waals surface area contributed by atoms with E-state index < -0.39 is 0 Å². The number of aromatic nitrogens is 3. The van der Waals surface area contributed by atoms with Crippen molar-refractivity contribution in [1.29, 1.82) is 0 Å². The predicted molar refractivity (Wildman–Crippen MR) is 106 cm³/mol. The highest BCUT2D eigenvalue weighted by molar-refractivity contribution is 5.46. The van der Waals surface area contributed by atoms with Gasteiger partial charge in [0.05, 0.1) is 12.6 Å². The molecule has 0 saturated carbocycles. The molecule has 3 rings (SSSR count). The van der Waals surface area contributed by atoms with Crippen molar-refractivity contribution >= 4 is 11.6 Å². The van der Waals surface area contributed by atoms with Gasteiger partial charge in [-0.2, -0.15) is 0 Å². The maximum Gasteiger partial charge on any atom is 0.182 e. The minimum Gasteiger partial charge on any atom is -0.383 e. The van der Waals surface area contributed by atoms with Crippen LogP contribution in [0.4, 0.5) is 11.6 Å². The van der Waals surface area contributed by atoms with Gasteiger partial charge in [0.25, 0.3) is 0 Å². The third kappa shape index (κ3) is 5.51. The van der Waals surface area contributed by atoms with E-state index in [-0.39, 0.29) is 11.5 Å². The van der Waals surface area contributed by atoms with Crippen molar-refractivity contribution in [3.05, 3.63) is 46.1 Å². The van der Waals surface area contributed by atoms with E-state index in [9.17, 15) is 4.79 Å². The summed E-state index contributed by atoms with van der Waals surface area (Å²) in [7, 11) is 1.67. The van der Waals surface area contributed by atoms with Crippen molar-refractivity contribution in [2.45, 2.75) is 25.8 Å². The topological polar surface area (TPSA) is 95.2 Å². The van der Waals surface area contributed by atoms with Gasteiger partial charge in [0, 0.05) is 56.3 Å². The van der Waals surface area contributed by atoms with E-state index in [0.29, 0.717) is 13.2 Å². The van der Waals surface area contributed by atoms with Gasteiger partial charge in [-0.15, -0.1) is 0 Å². The minimum atomic E-state index is 0.0701. The number of methoxy groups -OCH3 is 1. The molecule has 0 amide bonds. The van der Waals surface area contributed by atoms with Crippen molar-refractivity contribution in [2.75, 3.05) is 50.5 Å². The molecule has 1 aliphatic rings. The molecule has 0 spiro atoms. The molecule has 0 aliphatic carbocycles. The van der Waals surface area contributed by atoms with Crippen LogP contribution >= 0.6 is 0 Å². The maximum absolute atomic E-state index is 11.8. The molecular weight excluding hydrogens is 344 g/mol. The molecule has 1 atom stereocenters. The summed E-state index contributed by atoms with van der Waals surface area (Å²) in [5.41, 5.74) is 2.00. The average molecular weight is 372 g/mol. The van der Waals surface area contributed by atoms with Crippen LogP contribution in [0, 0.1) is 6.92 Å². The van der Waals surface area contributed by atoms with Crippen LogP contribution in [0.5, 0.6) is 0 Å². The predicted octanol–water partition coefficient (Wildman–Crippen LogP) is 1.78. The van der Waals surface area contributed by atoms with Gasteiger partial charge in [0.15, 0.2) is 5.43 Å². The van der Waals surface area contributed by atoms with Crippen LogP contribution in [0.15, 0.2) is 29.3 Å². The number of nitrogens with one attached hydrogen (secondary N) is 3. The molecule has 0 aromatic carbocycles. The first kappa shape index (κ1) is 19.3. The van der Waals surface area contributed by atoms with E-state index in [0.717, 1.165) is 55.5 Å². The van der Waals surface area contributed by atoms with Crippen molar-refractivity contribution in [3.63, 3.8) is 0 Å². The Bertz CT molecular complexity index is 794. The molecule has 1 fully saturated rings. The Morgan fingerprint density at radius 1 is 1.22 bits per heavy atom. The molecular formula is C19H28N6O2. The largest absolute Gasteiger partial charge is 0.383 e. The monoisotopic (exact) mass is 372 g/mol. The molecule has 0 bridgehead atoms. The fourth-order valence-electron chi connectivity index (χ4n) is 3.49. The first-order valence-corrected chi connectivity index (χ1v) is 9.39. The Labute approximate surface area is 159 Å². The molecule has 27 heavy (non-hydrogen) atoms. The van der Waals surface area contributed by atoms with E-state index in [1.807, 2.05) is 13.0 Å². The molecule has 3 N–H and O–H groups in total. The number of rotatable bonds is 9. The number of likely N-dealkylation sites (tertiary alicyclic amines) is 1. The van der Waals surface area contributed by atoms with Crippen LogP contribution in [-0.2, 0) is 4.74 Å². The number of nitrogens with zero attached hydrogens (tertiary/aromatic N) is 3. The third-order valence-corrected chi connectivity index (χ3v) is 4.71. The van der Waals surface area contributed by atoms with Crippen molar-refractivity contribution in [2.24, 2.45) is 0 Å². The Morgan fingerprint density at radius 2 is 2.00 bits per heavy atom. The lowest BCUT2D eigenvalue weighted by Crippen LogP contribution is -2.30. The van der Waals surface area contributed by atoms with E-state index in [2.05, 4.69) is 30.5 Å². The van der Waals surface area contributed by atoms with Gasteiger partial charge in [0.1, 0.15) is 18.0 Å². The van der Waals surface area contributed by atoms with Crippen LogP contribution in [0.2, 0.25) is 0 Å². The Kier molecular flexibility index (Phi) is 6.78. The van der Waals surface area contributed by atoms with Gasteiger partial charge >= 0.3 is 0 Å². The lowest BCUT2D eigenvalue weighted by atomic mass is 10.1. The number of ether oxygens (including phenoxy) is 1. The summed E-state index contributed by atoms with van der Waals surface area (Å²) in [6, 6.07) is 5.54. The van der Waals surface area contributed by atoms with E-state index in [1.165, 1.54) is 0 Å². The van der Waals surface area contributed by atoms with E-state index >= 15 is 0 Å². The summed E-state index contributed by atoms with van der Waals surface area (Å²) < 4.78 is 5.03. The van der Waals surface area contributed by atoms with Crippen molar-refractivity contribution < 1.29 is 4.74 Å². The second-order valence-corrected chi connectivity index (χ2v) is 6.78. The Balaban J connectivity index is 1.53. The number of hydrogen-bond donors (Lipinski definition) is 3. The smallest absolute Gasteiger partial charge is 0.182 e. The molecule has 3 heterocycles. The van der Waals surface area contributed by atoms with Crippen LogP contribution < -0.4 is 16.1 Å². The molecule has 1 unspecified atom stereocenters. The van der Waals surface area contributed by atoms with Gasteiger partial charge in [-0.05, 0) is 26.3 Å². The number of pyridine rings is 1. The summed E-state index contributed by atoms with van der Waals surface area (Å²) in [6.45, 7) is 5.97. The zero-order valence-electron chi connectivity index (χ0n) is 16.0. The lowest BCUT2D eigenvalue weighted by Gasteiger charge is -2.25. The number of H-pyrrole nitrogens is 1. The van der Waals surface area contributed by atoms with Crippen LogP contribution in [0.25, 0.3) is 0 Å². The van der Waals surface area contributed by atoms with Crippen LogP contribution in [0.1, 0.15) is 30.3 Å². The standard InChI is InChI=1S/C19H28N6O2/c1-14-10-15(26)11-16(24-14)17-4-3-7-25(17)8-5-20-18-12-19(23-13-22-18)21-6-9-27-2/h10-13,17H,3-9H2,1-2H3,(H,24,26)(H2,20,21,22,23). The molecule has 8 heteroatoms. The number of aromatic amines is 1. The Hall–Kier alpha value is -2.45. The highest BCUT2D eigenvalue weighted by Gasteiger charge is 2.26. The maximum atomic E-state index is 11.8. The van der Waals surface area contributed by atoms with Crippen LogP contribution in [-0.4, -0.2) is 59.7 Å². The molecule has 1 saturated heterocycles. The molecule has 2 aromatic rings. The molecule has 8 nitrogen and oxygen atoms in total. The summed E-state index contributed by atoms with van der Waals surface area (Å²) in [5, 5.41) is 6.56. The van der Waals surface area contributed by atoms with Gasteiger partial charge in [-0.25, -0.2) is 9.97 Å². The summed E-state index contributed by atoms with van der Waals surface area (Å²) in [5.74, 6) is 1.57. The second kappa shape index (κ2) is 9.48. The normalized spacial score (nSPS) is 17.2. The number of hydrogen-bond acceptors (Lipinski definition) is 7. The molecule has 2 aromatic heterocycles. The lowest BCUT2D eigenvalue weighted by molar-refractivity contribution is 0.210.